The highest BCUT2D eigenvalue weighted by molar-refractivity contribution is 7.99. The molecule has 0 aliphatic heterocycles. The molecule has 1 aliphatic rings. The van der Waals surface area contributed by atoms with Gasteiger partial charge in [0, 0.05) is 28.5 Å². The standard InChI is InChI=1S/C18H22N6OS2/c1-12-10-15(13(2)23(12)17-19-8-9-26-17)16(25)11-27-18-20-21-22-24(18)14-6-4-3-5-7-14/h8-10,14H,3-7,11H2,1-2H3. The lowest BCUT2D eigenvalue weighted by molar-refractivity contribution is 0.102. The zero-order chi connectivity index (χ0) is 18.8. The molecule has 142 valence electrons. The third kappa shape index (κ3) is 3.70. The van der Waals surface area contributed by atoms with Gasteiger partial charge in [-0.25, -0.2) is 9.67 Å². The third-order valence-corrected chi connectivity index (χ3v) is 6.75. The molecule has 0 N–H and O–H groups in total. The first-order valence-electron chi connectivity index (χ1n) is 9.18. The second-order valence-corrected chi connectivity index (χ2v) is 8.66. The molecule has 0 spiro atoms. The van der Waals surface area contributed by atoms with E-state index in [0.717, 1.165) is 40.1 Å². The molecule has 0 saturated heterocycles. The lowest BCUT2D eigenvalue weighted by Crippen LogP contribution is -2.16. The predicted molar refractivity (Wildman–Crippen MR) is 106 cm³/mol. The van der Waals surface area contributed by atoms with Crippen molar-refractivity contribution in [3.05, 3.63) is 34.6 Å². The molecule has 3 aromatic heterocycles. The van der Waals surface area contributed by atoms with Crippen molar-refractivity contribution in [3.8, 4) is 5.13 Å². The maximum atomic E-state index is 12.9. The molecular weight excluding hydrogens is 380 g/mol. The molecule has 1 fully saturated rings. The number of aromatic nitrogens is 6. The zero-order valence-corrected chi connectivity index (χ0v) is 17.1. The van der Waals surface area contributed by atoms with Crippen LogP contribution in [0.15, 0.2) is 22.8 Å². The van der Waals surface area contributed by atoms with Crippen LogP contribution in [0.1, 0.15) is 59.9 Å². The fraction of sp³-hybridized carbons (Fsp3) is 0.500. The number of ketones is 1. The lowest BCUT2D eigenvalue weighted by atomic mass is 9.96. The minimum absolute atomic E-state index is 0.0918. The van der Waals surface area contributed by atoms with Crippen molar-refractivity contribution in [1.82, 2.24) is 29.8 Å². The van der Waals surface area contributed by atoms with Crippen molar-refractivity contribution in [1.29, 1.82) is 0 Å². The molecule has 0 bridgehead atoms. The number of carbonyl (C=O) groups excluding carboxylic acids is 1. The highest BCUT2D eigenvalue weighted by Crippen LogP contribution is 2.31. The first kappa shape index (κ1) is 18.4. The minimum Gasteiger partial charge on any atom is -0.294 e. The number of rotatable bonds is 6. The van der Waals surface area contributed by atoms with Crippen molar-refractivity contribution in [2.45, 2.75) is 57.1 Å². The molecule has 0 amide bonds. The molecule has 3 heterocycles. The van der Waals surface area contributed by atoms with Gasteiger partial charge in [-0.1, -0.05) is 31.0 Å². The molecule has 1 saturated carbocycles. The fourth-order valence-corrected chi connectivity index (χ4v) is 5.29. The van der Waals surface area contributed by atoms with Gasteiger partial charge in [-0.3, -0.25) is 9.36 Å². The maximum absolute atomic E-state index is 12.9. The van der Waals surface area contributed by atoms with E-state index in [9.17, 15) is 4.79 Å². The van der Waals surface area contributed by atoms with Crippen LogP contribution in [0.3, 0.4) is 0 Å². The topological polar surface area (TPSA) is 78.5 Å². The monoisotopic (exact) mass is 402 g/mol. The number of nitrogens with zero attached hydrogens (tertiary/aromatic N) is 6. The van der Waals surface area contributed by atoms with Crippen LogP contribution in [0.2, 0.25) is 0 Å². The lowest BCUT2D eigenvalue weighted by Gasteiger charge is -2.21. The predicted octanol–water partition coefficient (Wildman–Crippen LogP) is 4.02. The molecule has 0 radical (unpaired) electrons. The number of tetrazole rings is 1. The molecule has 27 heavy (non-hydrogen) atoms. The van der Waals surface area contributed by atoms with Gasteiger partial charge in [-0.15, -0.1) is 16.4 Å². The molecule has 3 aromatic rings. The normalized spacial score (nSPS) is 15.3. The van der Waals surface area contributed by atoms with E-state index >= 15 is 0 Å². The summed E-state index contributed by atoms with van der Waals surface area (Å²) < 4.78 is 3.95. The van der Waals surface area contributed by atoms with Crippen LogP contribution in [0.4, 0.5) is 0 Å². The number of hydrogen-bond acceptors (Lipinski definition) is 7. The van der Waals surface area contributed by atoms with Gasteiger partial charge in [0.15, 0.2) is 10.9 Å². The van der Waals surface area contributed by atoms with Crippen molar-refractivity contribution >= 4 is 28.9 Å². The summed E-state index contributed by atoms with van der Waals surface area (Å²) in [5.41, 5.74) is 2.69. The van der Waals surface area contributed by atoms with Crippen LogP contribution >= 0.6 is 23.1 Å². The quantitative estimate of drug-likeness (QED) is 0.458. The maximum Gasteiger partial charge on any atom is 0.210 e. The van der Waals surface area contributed by atoms with E-state index in [1.807, 2.05) is 34.5 Å². The SMILES string of the molecule is Cc1cc(C(=O)CSc2nnnn2C2CCCCC2)c(C)n1-c1nccs1. The molecular formula is C18H22N6OS2. The Bertz CT molecular complexity index is 924. The number of thioether (sulfide) groups is 1. The van der Waals surface area contributed by atoms with Gasteiger partial charge in [0.05, 0.1) is 11.8 Å². The Morgan fingerprint density at radius 3 is 2.85 bits per heavy atom. The largest absolute Gasteiger partial charge is 0.294 e. The number of aryl methyl sites for hydroxylation is 1. The summed E-state index contributed by atoms with van der Waals surface area (Å²) >= 11 is 2.99. The first-order valence-corrected chi connectivity index (χ1v) is 11.0. The van der Waals surface area contributed by atoms with Gasteiger partial charge < -0.3 is 0 Å². The van der Waals surface area contributed by atoms with E-state index in [1.54, 1.807) is 17.5 Å². The second-order valence-electron chi connectivity index (χ2n) is 6.84. The van der Waals surface area contributed by atoms with Gasteiger partial charge in [0.25, 0.3) is 0 Å². The Hall–Kier alpha value is -2.00. The van der Waals surface area contributed by atoms with Crippen LogP contribution in [0.5, 0.6) is 0 Å². The second kappa shape index (κ2) is 7.93. The van der Waals surface area contributed by atoms with Crippen molar-refractivity contribution in [2.24, 2.45) is 0 Å². The molecule has 0 aromatic carbocycles. The van der Waals surface area contributed by atoms with E-state index in [1.165, 1.54) is 31.0 Å². The molecule has 1 aliphatic carbocycles. The number of carbonyl (C=O) groups is 1. The Balaban J connectivity index is 1.48. The Morgan fingerprint density at radius 2 is 2.11 bits per heavy atom. The average Bonchev–Trinajstić information content (AvgIpc) is 3.41. The van der Waals surface area contributed by atoms with Crippen LogP contribution in [-0.4, -0.2) is 41.3 Å². The van der Waals surface area contributed by atoms with Gasteiger partial charge in [-0.05, 0) is 43.2 Å². The summed E-state index contributed by atoms with van der Waals surface area (Å²) in [6.07, 6.45) is 7.73. The van der Waals surface area contributed by atoms with E-state index in [0.29, 0.717) is 11.8 Å². The van der Waals surface area contributed by atoms with Gasteiger partial charge in [0.1, 0.15) is 0 Å². The number of Topliss-reactive ketones (excluding diaryl/α,β-unsaturated/α-hetero) is 1. The summed E-state index contributed by atoms with van der Waals surface area (Å²) in [5, 5.41) is 15.7. The number of thiazole rings is 1. The zero-order valence-electron chi connectivity index (χ0n) is 15.5. The molecule has 7 nitrogen and oxygen atoms in total. The Morgan fingerprint density at radius 1 is 1.30 bits per heavy atom. The van der Waals surface area contributed by atoms with E-state index in [4.69, 9.17) is 0 Å². The highest BCUT2D eigenvalue weighted by Gasteiger charge is 2.22. The van der Waals surface area contributed by atoms with Crippen LogP contribution in [0.25, 0.3) is 5.13 Å². The minimum atomic E-state index is 0.0918. The third-order valence-electron chi connectivity index (χ3n) is 5.06. The summed E-state index contributed by atoms with van der Waals surface area (Å²) in [7, 11) is 0. The van der Waals surface area contributed by atoms with E-state index in [-0.39, 0.29) is 5.78 Å². The van der Waals surface area contributed by atoms with Gasteiger partial charge >= 0.3 is 0 Å². The van der Waals surface area contributed by atoms with E-state index < -0.39 is 0 Å². The van der Waals surface area contributed by atoms with Crippen LogP contribution < -0.4 is 0 Å². The van der Waals surface area contributed by atoms with Crippen molar-refractivity contribution < 1.29 is 4.79 Å². The van der Waals surface area contributed by atoms with Crippen LogP contribution in [-0.2, 0) is 0 Å². The van der Waals surface area contributed by atoms with Crippen LogP contribution in [0, 0.1) is 13.8 Å². The summed E-state index contributed by atoms with van der Waals surface area (Å²) in [6, 6.07) is 2.31. The molecule has 0 unspecified atom stereocenters. The summed E-state index contributed by atoms with van der Waals surface area (Å²) in [4.78, 5) is 17.2. The fourth-order valence-electron chi connectivity index (χ4n) is 3.71. The Labute approximate surface area is 166 Å². The number of hydrogen-bond donors (Lipinski definition) is 0. The van der Waals surface area contributed by atoms with Crippen molar-refractivity contribution in [3.63, 3.8) is 0 Å². The molecule has 9 heteroatoms. The summed E-state index contributed by atoms with van der Waals surface area (Å²) in [6.45, 7) is 3.97. The molecule has 4 rings (SSSR count). The first-order chi connectivity index (χ1) is 13.1. The highest BCUT2D eigenvalue weighted by atomic mass is 32.2. The van der Waals surface area contributed by atoms with E-state index in [2.05, 4.69) is 20.5 Å². The average molecular weight is 403 g/mol. The Kier molecular flexibility index (Phi) is 5.40. The van der Waals surface area contributed by atoms with Gasteiger partial charge in [-0.2, -0.15) is 0 Å². The summed E-state index contributed by atoms with van der Waals surface area (Å²) in [5.74, 6) is 0.420. The van der Waals surface area contributed by atoms with Gasteiger partial charge in [0.2, 0.25) is 5.16 Å². The van der Waals surface area contributed by atoms with Crippen molar-refractivity contribution in [2.75, 3.05) is 5.75 Å². The molecule has 0 atom stereocenters. The smallest absolute Gasteiger partial charge is 0.210 e.